The third-order valence-electron chi connectivity index (χ3n) is 5.39. The summed E-state index contributed by atoms with van der Waals surface area (Å²) >= 11 is 3.88. The number of rotatable bonds is 0. The van der Waals surface area contributed by atoms with Gasteiger partial charge < -0.3 is 0 Å². The summed E-state index contributed by atoms with van der Waals surface area (Å²) in [7, 11) is 0. The van der Waals surface area contributed by atoms with Gasteiger partial charge in [-0.1, -0.05) is 45.8 Å². The monoisotopic (exact) mass is 290 g/mol. The van der Waals surface area contributed by atoms with Crippen LogP contribution in [0.15, 0.2) is 35.5 Å². The maximum Gasteiger partial charge on any atom is 0.0395 e. The van der Waals surface area contributed by atoms with E-state index in [0.717, 1.165) is 23.7 Å². The van der Waals surface area contributed by atoms with Crippen molar-refractivity contribution < 1.29 is 0 Å². The van der Waals surface area contributed by atoms with Crippen molar-refractivity contribution in [2.45, 2.75) is 36.9 Å². The van der Waals surface area contributed by atoms with E-state index < -0.39 is 0 Å². The van der Waals surface area contributed by atoms with Gasteiger partial charge in [-0.3, -0.25) is 0 Å². The second-order valence-electron chi connectivity index (χ2n) is 6.05. The zero-order chi connectivity index (χ0) is 11.4. The molecule has 1 saturated carbocycles. The van der Waals surface area contributed by atoms with Gasteiger partial charge in [0.05, 0.1) is 0 Å². The molecule has 4 aliphatic carbocycles. The second-order valence-corrected chi connectivity index (χ2v) is 7.16. The molecule has 90 valence electrons. The lowest BCUT2D eigenvalue weighted by Gasteiger charge is -2.31. The largest absolute Gasteiger partial charge is 0.0882 e. The van der Waals surface area contributed by atoms with Gasteiger partial charge in [-0.25, -0.2) is 0 Å². The fourth-order valence-corrected chi connectivity index (χ4v) is 5.46. The van der Waals surface area contributed by atoms with Crippen LogP contribution in [0.25, 0.3) is 0 Å². The van der Waals surface area contributed by atoms with E-state index in [1.807, 2.05) is 5.57 Å². The first kappa shape index (κ1) is 10.6. The van der Waals surface area contributed by atoms with Gasteiger partial charge in [0, 0.05) is 4.83 Å². The molecule has 0 N–H and O–H groups in total. The van der Waals surface area contributed by atoms with Crippen molar-refractivity contribution in [3.63, 3.8) is 0 Å². The Labute approximate surface area is 112 Å². The third kappa shape index (κ3) is 1.41. The topological polar surface area (TPSA) is 0 Å². The number of allylic oxidation sites excluding steroid dienone is 6. The zero-order valence-corrected chi connectivity index (χ0v) is 11.7. The molecule has 4 aliphatic rings. The van der Waals surface area contributed by atoms with Crippen molar-refractivity contribution in [1.29, 1.82) is 0 Å². The fourth-order valence-electron chi connectivity index (χ4n) is 4.77. The van der Waals surface area contributed by atoms with Crippen molar-refractivity contribution in [3.05, 3.63) is 35.5 Å². The molecule has 5 unspecified atom stereocenters. The maximum absolute atomic E-state index is 3.88. The summed E-state index contributed by atoms with van der Waals surface area (Å²) in [4.78, 5) is 0.636. The van der Waals surface area contributed by atoms with Crippen LogP contribution in [0, 0.1) is 23.7 Å². The smallest absolute Gasteiger partial charge is 0.0395 e. The Bertz CT molecular complexity index is 429. The van der Waals surface area contributed by atoms with Gasteiger partial charge in [0.15, 0.2) is 0 Å². The van der Waals surface area contributed by atoms with E-state index in [0.29, 0.717) is 4.83 Å². The van der Waals surface area contributed by atoms with Crippen LogP contribution in [0.4, 0.5) is 0 Å². The van der Waals surface area contributed by atoms with Crippen LogP contribution in [0.5, 0.6) is 0 Å². The van der Waals surface area contributed by atoms with Gasteiger partial charge in [0.25, 0.3) is 0 Å². The molecule has 0 radical (unpaired) electrons. The van der Waals surface area contributed by atoms with Gasteiger partial charge in [-0.15, -0.1) is 0 Å². The van der Waals surface area contributed by atoms with Crippen molar-refractivity contribution in [2.75, 3.05) is 0 Å². The van der Waals surface area contributed by atoms with E-state index in [4.69, 9.17) is 0 Å². The van der Waals surface area contributed by atoms with Gasteiger partial charge in [0.2, 0.25) is 0 Å². The lowest BCUT2D eigenvalue weighted by molar-refractivity contribution is 0.299. The Morgan fingerprint density at radius 3 is 2.94 bits per heavy atom. The molecule has 0 spiro atoms. The minimum absolute atomic E-state index is 0.636. The van der Waals surface area contributed by atoms with E-state index in [1.54, 1.807) is 5.57 Å². The van der Waals surface area contributed by atoms with E-state index in [-0.39, 0.29) is 0 Å². The average Bonchev–Trinajstić information content (AvgIpc) is 2.70. The standard InChI is InChI=1S/C16H19Br/c17-15-9-8-13-11-5-2-1-4-10(11)12-6-3-7-14(15)16(12)13/h2-3,5,7,10-13,15H,1,4,6,8-9H2. The highest BCUT2D eigenvalue weighted by molar-refractivity contribution is 9.09. The lowest BCUT2D eigenvalue weighted by atomic mass is 9.77. The quantitative estimate of drug-likeness (QED) is 0.451. The molecule has 17 heavy (non-hydrogen) atoms. The van der Waals surface area contributed by atoms with Crippen molar-refractivity contribution in [1.82, 2.24) is 0 Å². The number of hydrogen-bond acceptors (Lipinski definition) is 0. The maximum atomic E-state index is 3.88. The number of alkyl halides is 1. The third-order valence-corrected chi connectivity index (χ3v) is 6.34. The average molecular weight is 291 g/mol. The highest BCUT2D eigenvalue weighted by atomic mass is 79.9. The normalized spacial score (nSPS) is 47.0. The lowest BCUT2D eigenvalue weighted by Crippen LogP contribution is -2.21. The molecule has 0 saturated heterocycles. The highest BCUT2D eigenvalue weighted by Gasteiger charge is 2.48. The van der Waals surface area contributed by atoms with Crippen molar-refractivity contribution >= 4 is 15.9 Å². The van der Waals surface area contributed by atoms with Crippen LogP contribution in [0.3, 0.4) is 0 Å². The first-order valence-electron chi connectivity index (χ1n) is 7.07. The molecule has 0 aliphatic heterocycles. The number of fused-ring (bicyclic) bond motifs is 3. The minimum atomic E-state index is 0.636. The molecule has 0 heterocycles. The molecule has 4 rings (SSSR count). The van der Waals surface area contributed by atoms with Gasteiger partial charge >= 0.3 is 0 Å². The summed E-state index contributed by atoms with van der Waals surface area (Å²) in [6, 6.07) is 0. The fraction of sp³-hybridized carbons (Fsp3) is 0.625. The summed E-state index contributed by atoms with van der Waals surface area (Å²) in [6.07, 6.45) is 16.6. The van der Waals surface area contributed by atoms with Crippen LogP contribution in [0.2, 0.25) is 0 Å². The predicted octanol–water partition coefficient (Wildman–Crippen LogP) is 4.63. The van der Waals surface area contributed by atoms with Gasteiger partial charge in [-0.05, 0) is 61.3 Å². The van der Waals surface area contributed by atoms with E-state index >= 15 is 0 Å². The molecule has 0 aromatic heterocycles. The Balaban J connectivity index is 1.85. The van der Waals surface area contributed by atoms with Gasteiger partial charge in [-0.2, -0.15) is 0 Å². The molecule has 0 bridgehead atoms. The van der Waals surface area contributed by atoms with Crippen LogP contribution in [0.1, 0.15) is 32.1 Å². The Kier molecular flexibility index (Phi) is 2.40. The molecular formula is C16H19Br. The van der Waals surface area contributed by atoms with Crippen LogP contribution in [-0.2, 0) is 0 Å². The molecule has 0 amide bonds. The highest BCUT2D eigenvalue weighted by Crippen LogP contribution is 2.58. The Hall–Kier alpha value is -0.300. The SMILES string of the molecule is BrC1CCC2C3=C1C=CCC3C1CCC=CC21. The first-order valence-corrected chi connectivity index (χ1v) is 7.99. The molecular weight excluding hydrogens is 272 g/mol. The van der Waals surface area contributed by atoms with E-state index in [1.165, 1.54) is 32.1 Å². The minimum Gasteiger partial charge on any atom is -0.0882 e. The van der Waals surface area contributed by atoms with Gasteiger partial charge in [0.1, 0.15) is 0 Å². The summed E-state index contributed by atoms with van der Waals surface area (Å²) in [5, 5.41) is 0. The van der Waals surface area contributed by atoms with E-state index in [9.17, 15) is 0 Å². The van der Waals surface area contributed by atoms with Crippen molar-refractivity contribution in [3.8, 4) is 0 Å². The number of halogens is 1. The summed E-state index contributed by atoms with van der Waals surface area (Å²) in [6.45, 7) is 0. The predicted molar refractivity (Wildman–Crippen MR) is 75.1 cm³/mol. The summed E-state index contributed by atoms with van der Waals surface area (Å²) in [5.41, 5.74) is 3.50. The zero-order valence-electron chi connectivity index (χ0n) is 10.1. The summed E-state index contributed by atoms with van der Waals surface area (Å²) < 4.78 is 0. The van der Waals surface area contributed by atoms with Crippen molar-refractivity contribution in [2.24, 2.45) is 23.7 Å². The molecule has 0 aromatic carbocycles. The Morgan fingerprint density at radius 1 is 1.06 bits per heavy atom. The Morgan fingerprint density at radius 2 is 2.00 bits per heavy atom. The van der Waals surface area contributed by atoms with Crippen LogP contribution in [-0.4, -0.2) is 4.83 Å². The molecule has 5 atom stereocenters. The number of hydrogen-bond donors (Lipinski definition) is 0. The first-order chi connectivity index (χ1) is 8.36. The second kappa shape index (κ2) is 3.85. The summed E-state index contributed by atoms with van der Waals surface area (Å²) in [5.74, 6) is 3.60. The molecule has 0 aromatic rings. The van der Waals surface area contributed by atoms with Crippen LogP contribution < -0.4 is 0 Å². The molecule has 1 fully saturated rings. The van der Waals surface area contributed by atoms with Crippen LogP contribution >= 0.6 is 15.9 Å². The molecule has 0 nitrogen and oxygen atoms in total. The molecule has 1 heteroatoms. The van der Waals surface area contributed by atoms with E-state index in [2.05, 4.69) is 40.2 Å².